The van der Waals surface area contributed by atoms with E-state index in [9.17, 15) is 4.39 Å². The summed E-state index contributed by atoms with van der Waals surface area (Å²) in [6.07, 6.45) is 0.912. The molecule has 2 rings (SSSR count). The lowest BCUT2D eigenvalue weighted by Crippen LogP contribution is -2.08. The van der Waals surface area contributed by atoms with Gasteiger partial charge in [0, 0.05) is 16.6 Å². The Bertz CT molecular complexity index is 629. The minimum absolute atomic E-state index is 0.275. The van der Waals surface area contributed by atoms with Gasteiger partial charge >= 0.3 is 0 Å². The largest absolute Gasteiger partial charge is 0.368 e. The van der Waals surface area contributed by atoms with E-state index >= 15 is 0 Å². The summed E-state index contributed by atoms with van der Waals surface area (Å²) in [5.74, 6) is 0.445. The van der Waals surface area contributed by atoms with Crippen molar-refractivity contribution in [2.45, 2.75) is 27.2 Å². The first-order valence-electron chi connectivity index (χ1n) is 6.57. The van der Waals surface area contributed by atoms with Gasteiger partial charge in [-0.2, -0.15) is 0 Å². The first-order chi connectivity index (χ1) is 9.52. The van der Waals surface area contributed by atoms with Gasteiger partial charge in [0.1, 0.15) is 0 Å². The van der Waals surface area contributed by atoms with E-state index in [1.807, 2.05) is 32.0 Å². The van der Waals surface area contributed by atoms with Crippen LogP contribution in [0.5, 0.6) is 0 Å². The summed E-state index contributed by atoms with van der Waals surface area (Å²) in [4.78, 5) is 8.58. The van der Waals surface area contributed by atoms with E-state index in [1.54, 1.807) is 6.92 Å². The van der Waals surface area contributed by atoms with Crippen LogP contribution in [0.1, 0.15) is 24.6 Å². The van der Waals surface area contributed by atoms with Crippen molar-refractivity contribution >= 4 is 21.7 Å². The van der Waals surface area contributed by atoms with Crippen molar-refractivity contribution in [3.05, 3.63) is 39.7 Å². The highest BCUT2D eigenvalue weighted by Gasteiger charge is 2.13. The average Bonchev–Trinajstić information content (AvgIpc) is 2.40. The summed E-state index contributed by atoms with van der Waals surface area (Å²) in [6.45, 7) is 6.36. The molecule has 0 saturated carbocycles. The standard InChI is InChI=1S/C15H17BrFN3/c1-4-7-18-15-13(17)10(3)19-14(20-15)12-6-5-11(16)8-9(12)2/h5-6,8H,4,7H2,1-3H3,(H,18,19,20). The van der Waals surface area contributed by atoms with E-state index in [0.29, 0.717) is 18.1 Å². The van der Waals surface area contributed by atoms with Gasteiger partial charge in [-0.3, -0.25) is 0 Å². The van der Waals surface area contributed by atoms with Crippen LogP contribution in [0.4, 0.5) is 10.2 Å². The van der Waals surface area contributed by atoms with Crippen LogP contribution in [0.2, 0.25) is 0 Å². The molecule has 0 spiro atoms. The SMILES string of the molecule is CCCNc1nc(-c2ccc(Br)cc2C)nc(C)c1F. The first-order valence-corrected chi connectivity index (χ1v) is 7.36. The van der Waals surface area contributed by atoms with Gasteiger partial charge in [-0.15, -0.1) is 0 Å². The number of benzene rings is 1. The number of anilines is 1. The van der Waals surface area contributed by atoms with Crippen molar-refractivity contribution in [3.8, 4) is 11.4 Å². The van der Waals surface area contributed by atoms with Crippen LogP contribution in [0.25, 0.3) is 11.4 Å². The highest BCUT2D eigenvalue weighted by atomic mass is 79.9. The Labute approximate surface area is 126 Å². The van der Waals surface area contributed by atoms with Crippen molar-refractivity contribution in [2.24, 2.45) is 0 Å². The van der Waals surface area contributed by atoms with Crippen molar-refractivity contribution in [1.29, 1.82) is 0 Å². The summed E-state index contributed by atoms with van der Waals surface area (Å²) >= 11 is 3.43. The number of halogens is 2. The van der Waals surface area contributed by atoms with Gasteiger partial charge in [-0.05, 0) is 44.0 Å². The third-order valence-electron chi connectivity index (χ3n) is 2.99. The molecule has 1 aromatic heterocycles. The van der Waals surface area contributed by atoms with Crippen LogP contribution in [-0.4, -0.2) is 16.5 Å². The molecule has 0 saturated heterocycles. The third kappa shape index (κ3) is 3.15. The number of hydrogen-bond donors (Lipinski definition) is 1. The molecule has 0 bridgehead atoms. The van der Waals surface area contributed by atoms with Gasteiger partial charge in [-0.1, -0.05) is 22.9 Å². The first kappa shape index (κ1) is 14.9. The second-order valence-electron chi connectivity index (χ2n) is 4.68. The number of nitrogens with zero attached hydrogens (tertiary/aromatic N) is 2. The maximum Gasteiger partial charge on any atom is 0.186 e. The number of aryl methyl sites for hydroxylation is 2. The fourth-order valence-electron chi connectivity index (χ4n) is 1.92. The molecular formula is C15H17BrFN3. The fourth-order valence-corrected chi connectivity index (χ4v) is 2.39. The molecule has 0 radical (unpaired) electrons. The monoisotopic (exact) mass is 337 g/mol. The lowest BCUT2D eigenvalue weighted by molar-refractivity contribution is 0.605. The molecule has 0 aliphatic heterocycles. The molecule has 1 heterocycles. The molecule has 0 unspecified atom stereocenters. The molecule has 20 heavy (non-hydrogen) atoms. The maximum atomic E-state index is 14.0. The molecule has 106 valence electrons. The van der Waals surface area contributed by atoms with Gasteiger partial charge in [-0.25, -0.2) is 14.4 Å². The van der Waals surface area contributed by atoms with E-state index in [2.05, 4.69) is 31.2 Å². The summed E-state index contributed by atoms with van der Waals surface area (Å²) in [5, 5.41) is 3.01. The van der Waals surface area contributed by atoms with E-state index in [0.717, 1.165) is 22.0 Å². The number of aromatic nitrogens is 2. The predicted octanol–water partition coefficient (Wildman–Crippen LogP) is 4.48. The van der Waals surface area contributed by atoms with Gasteiger partial charge in [0.05, 0.1) is 5.69 Å². The lowest BCUT2D eigenvalue weighted by atomic mass is 10.1. The van der Waals surface area contributed by atoms with Crippen LogP contribution in [-0.2, 0) is 0 Å². The molecule has 1 N–H and O–H groups in total. The van der Waals surface area contributed by atoms with Crippen LogP contribution in [0.15, 0.2) is 22.7 Å². The molecule has 0 atom stereocenters. The molecule has 0 amide bonds. The van der Waals surface area contributed by atoms with E-state index < -0.39 is 0 Å². The average molecular weight is 338 g/mol. The van der Waals surface area contributed by atoms with Gasteiger partial charge in [0.25, 0.3) is 0 Å². The summed E-state index contributed by atoms with van der Waals surface area (Å²) in [7, 11) is 0. The molecule has 0 fully saturated rings. The summed E-state index contributed by atoms with van der Waals surface area (Å²) in [5.41, 5.74) is 2.32. The smallest absolute Gasteiger partial charge is 0.186 e. The summed E-state index contributed by atoms with van der Waals surface area (Å²) < 4.78 is 15.0. The Balaban J connectivity index is 2.48. The second-order valence-corrected chi connectivity index (χ2v) is 5.60. The Morgan fingerprint density at radius 1 is 1.25 bits per heavy atom. The maximum absolute atomic E-state index is 14.0. The fraction of sp³-hybridized carbons (Fsp3) is 0.333. The van der Waals surface area contributed by atoms with E-state index in [4.69, 9.17) is 0 Å². The third-order valence-corrected chi connectivity index (χ3v) is 3.48. The minimum Gasteiger partial charge on any atom is -0.368 e. The molecular weight excluding hydrogens is 321 g/mol. The molecule has 0 aliphatic carbocycles. The topological polar surface area (TPSA) is 37.8 Å². The van der Waals surface area contributed by atoms with Crippen molar-refractivity contribution in [2.75, 3.05) is 11.9 Å². The Hall–Kier alpha value is -1.49. The van der Waals surface area contributed by atoms with E-state index in [1.165, 1.54) is 0 Å². The molecule has 2 aromatic rings. The summed E-state index contributed by atoms with van der Waals surface area (Å²) in [6, 6.07) is 5.87. The van der Waals surface area contributed by atoms with E-state index in [-0.39, 0.29) is 11.6 Å². The molecule has 0 aliphatic rings. The van der Waals surface area contributed by atoms with Gasteiger partial charge in [0.15, 0.2) is 17.5 Å². The van der Waals surface area contributed by atoms with Crippen LogP contribution >= 0.6 is 15.9 Å². The Morgan fingerprint density at radius 3 is 2.65 bits per heavy atom. The quantitative estimate of drug-likeness (QED) is 0.893. The number of rotatable bonds is 4. The molecule has 5 heteroatoms. The number of nitrogens with one attached hydrogen (secondary N) is 1. The van der Waals surface area contributed by atoms with Crippen LogP contribution in [0, 0.1) is 19.7 Å². The molecule has 3 nitrogen and oxygen atoms in total. The number of hydrogen-bond acceptors (Lipinski definition) is 3. The Morgan fingerprint density at radius 2 is 2.00 bits per heavy atom. The highest BCUT2D eigenvalue weighted by Crippen LogP contribution is 2.26. The zero-order valence-electron chi connectivity index (χ0n) is 11.8. The highest BCUT2D eigenvalue weighted by molar-refractivity contribution is 9.10. The predicted molar refractivity (Wildman–Crippen MR) is 83.4 cm³/mol. The zero-order valence-corrected chi connectivity index (χ0v) is 13.4. The van der Waals surface area contributed by atoms with Crippen LogP contribution in [0.3, 0.4) is 0 Å². The Kier molecular flexibility index (Phi) is 4.70. The lowest BCUT2D eigenvalue weighted by Gasteiger charge is -2.11. The van der Waals surface area contributed by atoms with Gasteiger partial charge in [0.2, 0.25) is 0 Å². The van der Waals surface area contributed by atoms with Gasteiger partial charge < -0.3 is 5.32 Å². The molecule has 1 aromatic carbocycles. The minimum atomic E-state index is -0.378. The van der Waals surface area contributed by atoms with Crippen molar-refractivity contribution in [1.82, 2.24) is 9.97 Å². The van der Waals surface area contributed by atoms with Crippen molar-refractivity contribution in [3.63, 3.8) is 0 Å². The van der Waals surface area contributed by atoms with Crippen LogP contribution < -0.4 is 5.32 Å². The second kappa shape index (κ2) is 6.31. The zero-order chi connectivity index (χ0) is 14.7. The normalized spacial score (nSPS) is 10.7. The van der Waals surface area contributed by atoms with Crippen molar-refractivity contribution < 1.29 is 4.39 Å².